The Hall–Kier alpha value is -1.82. The number of furan rings is 1. The molecule has 2 N–H and O–H groups in total. The highest BCUT2D eigenvalue weighted by molar-refractivity contribution is 5.78. The van der Waals surface area contributed by atoms with Crippen molar-refractivity contribution in [1.82, 2.24) is 10.2 Å². The second-order valence-electron chi connectivity index (χ2n) is 4.74. The van der Waals surface area contributed by atoms with Gasteiger partial charge in [0.05, 0.1) is 24.8 Å². The van der Waals surface area contributed by atoms with Gasteiger partial charge in [0.15, 0.2) is 0 Å². The maximum absolute atomic E-state index is 11.8. The second kappa shape index (κ2) is 6.94. The Bertz CT molecular complexity index is 416. The number of rotatable bonds is 7. The van der Waals surface area contributed by atoms with Gasteiger partial charge < -0.3 is 14.8 Å². The lowest BCUT2D eigenvalue weighted by Gasteiger charge is -2.19. The third kappa shape index (κ3) is 5.13. The van der Waals surface area contributed by atoms with Crippen LogP contribution in [-0.2, 0) is 9.59 Å². The van der Waals surface area contributed by atoms with Gasteiger partial charge in [-0.2, -0.15) is 0 Å². The number of hydrogen-bond acceptors (Lipinski definition) is 4. The second-order valence-corrected chi connectivity index (χ2v) is 4.74. The third-order valence-electron chi connectivity index (χ3n) is 2.77. The van der Waals surface area contributed by atoms with Gasteiger partial charge in [-0.3, -0.25) is 14.5 Å². The number of aliphatic carboxylic acids is 1. The van der Waals surface area contributed by atoms with E-state index in [1.165, 1.54) is 0 Å². The van der Waals surface area contributed by atoms with Gasteiger partial charge in [-0.15, -0.1) is 0 Å². The zero-order valence-corrected chi connectivity index (χ0v) is 11.4. The number of carbonyl (C=O) groups is 2. The van der Waals surface area contributed by atoms with E-state index < -0.39 is 11.9 Å². The number of nitrogens with zero attached hydrogens (tertiary/aromatic N) is 1. The number of amides is 1. The van der Waals surface area contributed by atoms with Crippen LogP contribution in [0.4, 0.5) is 0 Å². The van der Waals surface area contributed by atoms with Gasteiger partial charge in [-0.05, 0) is 26.1 Å². The molecule has 6 heteroatoms. The Kier molecular flexibility index (Phi) is 5.57. The van der Waals surface area contributed by atoms with Crippen LogP contribution in [0.2, 0.25) is 0 Å². The Labute approximate surface area is 112 Å². The zero-order valence-electron chi connectivity index (χ0n) is 11.4. The SMILES string of the molecule is CC(CN(C)CC(=O)NC(C)c1ccco1)C(=O)O. The molecular formula is C13H20N2O4. The minimum absolute atomic E-state index is 0.155. The Balaban J connectivity index is 2.36. The number of hydrogen-bond donors (Lipinski definition) is 2. The highest BCUT2D eigenvalue weighted by atomic mass is 16.4. The summed E-state index contributed by atoms with van der Waals surface area (Å²) in [7, 11) is 1.72. The number of likely N-dealkylation sites (N-methyl/N-ethyl adjacent to an activating group) is 1. The summed E-state index contributed by atoms with van der Waals surface area (Å²) in [5.74, 6) is -0.838. The lowest BCUT2D eigenvalue weighted by molar-refractivity contribution is -0.142. The summed E-state index contributed by atoms with van der Waals surface area (Å²) in [6.07, 6.45) is 1.55. The van der Waals surface area contributed by atoms with Crippen LogP contribution < -0.4 is 5.32 Å². The molecule has 0 fully saturated rings. The normalized spacial score (nSPS) is 14.1. The van der Waals surface area contributed by atoms with E-state index in [4.69, 9.17) is 9.52 Å². The quantitative estimate of drug-likeness (QED) is 0.774. The van der Waals surface area contributed by atoms with Crippen LogP contribution in [0, 0.1) is 5.92 Å². The smallest absolute Gasteiger partial charge is 0.307 e. The van der Waals surface area contributed by atoms with E-state index in [0.29, 0.717) is 12.3 Å². The summed E-state index contributed by atoms with van der Waals surface area (Å²) in [5.41, 5.74) is 0. The van der Waals surface area contributed by atoms with Crippen LogP contribution >= 0.6 is 0 Å². The summed E-state index contributed by atoms with van der Waals surface area (Å²) in [6.45, 7) is 3.93. The monoisotopic (exact) mass is 268 g/mol. The highest BCUT2D eigenvalue weighted by Crippen LogP contribution is 2.11. The summed E-state index contributed by atoms with van der Waals surface area (Å²) in [6, 6.07) is 3.35. The lowest BCUT2D eigenvalue weighted by atomic mass is 10.2. The maximum atomic E-state index is 11.8. The molecule has 0 saturated heterocycles. The topological polar surface area (TPSA) is 82.8 Å². The molecule has 1 aromatic heterocycles. The third-order valence-corrected chi connectivity index (χ3v) is 2.77. The van der Waals surface area contributed by atoms with Gasteiger partial charge in [0.1, 0.15) is 5.76 Å². The summed E-state index contributed by atoms with van der Waals surface area (Å²) >= 11 is 0. The first-order chi connectivity index (χ1) is 8.90. The van der Waals surface area contributed by atoms with Gasteiger partial charge in [0.2, 0.25) is 5.91 Å². The molecule has 0 aliphatic rings. The molecule has 0 aromatic carbocycles. The minimum Gasteiger partial charge on any atom is -0.481 e. The van der Waals surface area contributed by atoms with Crippen molar-refractivity contribution in [2.45, 2.75) is 19.9 Å². The maximum Gasteiger partial charge on any atom is 0.307 e. The number of carboxylic acid groups (broad SMARTS) is 1. The molecule has 1 heterocycles. The van der Waals surface area contributed by atoms with Crippen molar-refractivity contribution in [3.05, 3.63) is 24.2 Å². The predicted molar refractivity (Wildman–Crippen MR) is 69.6 cm³/mol. The predicted octanol–water partition coefficient (Wildman–Crippen LogP) is 1.11. The molecule has 106 valence electrons. The fraction of sp³-hybridized carbons (Fsp3) is 0.538. The minimum atomic E-state index is -0.865. The van der Waals surface area contributed by atoms with Gasteiger partial charge in [-0.25, -0.2) is 0 Å². The average Bonchev–Trinajstić information content (AvgIpc) is 2.81. The first-order valence-corrected chi connectivity index (χ1v) is 6.14. The van der Waals surface area contributed by atoms with Gasteiger partial charge in [0.25, 0.3) is 0 Å². The Morgan fingerprint density at radius 1 is 1.47 bits per heavy atom. The summed E-state index contributed by atoms with van der Waals surface area (Å²) in [4.78, 5) is 24.2. The molecule has 0 radical (unpaired) electrons. The number of carboxylic acids is 1. The van der Waals surface area contributed by atoms with Crippen LogP contribution in [0.3, 0.4) is 0 Å². The first kappa shape index (κ1) is 15.2. The number of nitrogens with one attached hydrogen (secondary N) is 1. The molecule has 1 aromatic rings. The van der Waals surface area contributed by atoms with E-state index in [9.17, 15) is 9.59 Å². The lowest BCUT2D eigenvalue weighted by Crippen LogP contribution is -2.39. The summed E-state index contributed by atoms with van der Waals surface area (Å²) < 4.78 is 5.19. The van der Waals surface area contributed by atoms with Crippen molar-refractivity contribution in [2.75, 3.05) is 20.1 Å². The molecule has 6 nitrogen and oxygen atoms in total. The highest BCUT2D eigenvalue weighted by Gasteiger charge is 2.17. The molecule has 0 aliphatic heterocycles. The van der Waals surface area contributed by atoms with E-state index in [1.807, 2.05) is 6.92 Å². The molecule has 0 aliphatic carbocycles. The molecule has 0 spiro atoms. The van der Waals surface area contributed by atoms with Crippen molar-refractivity contribution in [2.24, 2.45) is 5.92 Å². The van der Waals surface area contributed by atoms with Crippen LogP contribution in [0.25, 0.3) is 0 Å². The molecule has 2 unspecified atom stereocenters. The summed E-state index contributed by atoms with van der Waals surface area (Å²) in [5, 5.41) is 11.6. The molecule has 0 saturated carbocycles. The molecule has 1 rings (SSSR count). The van der Waals surface area contributed by atoms with E-state index in [-0.39, 0.29) is 18.5 Å². The van der Waals surface area contributed by atoms with Crippen molar-refractivity contribution < 1.29 is 19.1 Å². The standard InChI is InChI=1S/C13H20N2O4/c1-9(13(17)18)7-15(3)8-12(16)14-10(2)11-5-4-6-19-11/h4-6,9-10H,7-8H2,1-3H3,(H,14,16)(H,17,18). The van der Waals surface area contributed by atoms with Crippen molar-refractivity contribution in [1.29, 1.82) is 0 Å². The van der Waals surface area contributed by atoms with Crippen LogP contribution in [0.5, 0.6) is 0 Å². The average molecular weight is 268 g/mol. The van der Waals surface area contributed by atoms with Gasteiger partial charge in [0, 0.05) is 6.54 Å². The molecule has 19 heavy (non-hydrogen) atoms. The van der Waals surface area contributed by atoms with Crippen LogP contribution in [0.15, 0.2) is 22.8 Å². The molecule has 2 atom stereocenters. The van der Waals surface area contributed by atoms with E-state index in [2.05, 4.69) is 5.32 Å². The fourth-order valence-electron chi connectivity index (χ4n) is 1.75. The Morgan fingerprint density at radius 3 is 2.68 bits per heavy atom. The van der Waals surface area contributed by atoms with Gasteiger partial charge in [-0.1, -0.05) is 6.92 Å². The number of carbonyl (C=O) groups excluding carboxylic acids is 1. The van der Waals surface area contributed by atoms with E-state index in [1.54, 1.807) is 37.3 Å². The molecule has 1 amide bonds. The zero-order chi connectivity index (χ0) is 14.4. The first-order valence-electron chi connectivity index (χ1n) is 6.14. The van der Waals surface area contributed by atoms with E-state index in [0.717, 1.165) is 0 Å². The largest absolute Gasteiger partial charge is 0.481 e. The van der Waals surface area contributed by atoms with Crippen LogP contribution in [0.1, 0.15) is 25.6 Å². The van der Waals surface area contributed by atoms with Crippen molar-refractivity contribution in [3.63, 3.8) is 0 Å². The molecular weight excluding hydrogens is 248 g/mol. The van der Waals surface area contributed by atoms with Gasteiger partial charge >= 0.3 is 5.97 Å². The van der Waals surface area contributed by atoms with Crippen molar-refractivity contribution in [3.8, 4) is 0 Å². The fourth-order valence-corrected chi connectivity index (χ4v) is 1.75. The van der Waals surface area contributed by atoms with Crippen molar-refractivity contribution >= 4 is 11.9 Å². The van der Waals surface area contributed by atoms with Crippen LogP contribution in [-0.4, -0.2) is 42.0 Å². The van der Waals surface area contributed by atoms with E-state index >= 15 is 0 Å². The Morgan fingerprint density at radius 2 is 2.16 bits per heavy atom. The molecule has 0 bridgehead atoms.